The van der Waals surface area contributed by atoms with Crippen LogP contribution in [0.3, 0.4) is 0 Å². The predicted molar refractivity (Wildman–Crippen MR) is 109 cm³/mol. The molecule has 0 spiro atoms. The molecule has 0 saturated carbocycles. The molecule has 2 unspecified atom stereocenters. The van der Waals surface area contributed by atoms with Gasteiger partial charge in [0.2, 0.25) is 5.82 Å². The number of hydrogen-bond donors (Lipinski definition) is 0. The van der Waals surface area contributed by atoms with Gasteiger partial charge in [0.15, 0.2) is 23.2 Å². The fourth-order valence-electron chi connectivity index (χ4n) is 3.76. The molecule has 0 aromatic heterocycles. The molecule has 0 N–H and O–H groups in total. The lowest BCUT2D eigenvalue weighted by Gasteiger charge is -2.28. The van der Waals surface area contributed by atoms with Crippen LogP contribution in [-0.2, 0) is 4.74 Å². The summed E-state index contributed by atoms with van der Waals surface area (Å²) in [5, 5.41) is 0. The van der Waals surface area contributed by atoms with Crippen molar-refractivity contribution in [2.75, 3.05) is 19.9 Å². The van der Waals surface area contributed by atoms with Crippen molar-refractivity contribution in [1.29, 1.82) is 0 Å². The molecule has 0 aliphatic carbocycles. The molecule has 0 bridgehead atoms. The highest BCUT2D eigenvalue weighted by Crippen LogP contribution is 2.37. The average Bonchev–Trinajstić information content (AvgIpc) is 2.79. The normalized spacial score (nSPS) is 19.3. The fourth-order valence-corrected chi connectivity index (χ4v) is 3.76. The van der Waals surface area contributed by atoms with E-state index in [1.54, 1.807) is 6.92 Å². The van der Waals surface area contributed by atoms with Crippen molar-refractivity contribution in [3.63, 3.8) is 0 Å². The molecular weight excluding hydrogens is 434 g/mol. The van der Waals surface area contributed by atoms with Crippen LogP contribution in [0.25, 0.3) is 11.1 Å². The minimum atomic E-state index is -1.33. The average molecular weight is 458 g/mol. The van der Waals surface area contributed by atoms with E-state index in [4.69, 9.17) is 9.47 Å². The van der Waals surface area contributed by atoms with E-state index in [1.807, 2.05) is 0 Å². The maximum Gasteiger partial charge on any atom is 0.201 e. The zero-order valence-corrected chi connectivity index (χ0v) is 17.6. The molecule has 1 saturated heterocycles. The van der Waals surface area contributed by atoms with Crippen LogP contribution in [0.2, 0.25) is 0 Å². The lowest BCUT2D eigenvalue weighted by molar-refractivity contribution is 0.0305. The Morgan fingerprint density at radius 2 is 1.69 bits per heavy atom. The molecule has 8 heteroatoms. The Labute approximate surface area is 182 Å². The number of ether oxygens (including phenoxy) is 2. The summed E-state index contributed by atoms with van der Waals surface area (Å²) in [5.41, 5.74) is -0.765. The van der Waals surface area contributed by atoms with E-state index in [0.29, 0.717) is 12.8 Å². The Hall–Kier alpha value is -2.48. The van der Waals surface area contributed by atoms with Crippen LogP contribution in [0.4, 0.5) is 26.3 Å². The van der Waals surface area contributed by atoms with Crippen LogP contribution in [0.5, 0.6) is 5.75 Å². The van der Waals surface area contributed by atoms with E-state index in [1.165, 1.54) is 18.2 Å². The SMILES string of the molecule is CCOc1ccc(-c2ccc(C3CCC(/C=C(\F)CCCF)OC3)c(F)c2F)c(F)c1F. The second kappa shape index (κ2) is 10.9. The van der Waals surface area contributed by atoms with Crippen molar-refractivity contribution in [1.82, 2.24) is 0 Å². The zero-order chi connectivity index (χ0) is 23.3. The first-order valence-corrected chi connectivity index (χ1v) is 10.5. The van der Waals surface area contributed by atoms with Gasteiger partial charge in [-0.05, 0) is 50.0 Å². The van der Waals surface area contributed by atoms with Crippen molar-refractivity contribution >= 4 is 0 Å². The smallest absolute Gasteiger partial charge is 0.201 e. The molecule has 2 aromatic carbocycles. The Kier molecular flexibility index (Phi) is 8.23. The van der Waals surface area contributed by atoms with Gasteiger partial charge in [-0.2, -0.15) is 4.39 Å². The summed E-state index contributed by atoms with van der Waals surface area (Å²) in [6, 6.07) is 4.83. The third-order valence-corrected chi connectivity index (χ3v) is 5.42. The van der Waals surface area contributed by atoms with E-state index in [2.05, 4.69) is 0 Å². The maximum absolute atomic E-state index is 14.8. The Morgan fingerprint density at radius 3 is 2.31 bits per heavy atom. The predicted octanol–water partition coefficient (Wildman–Crippen LogP) is 7.17. The van der Waals surface area contributed by atoms with Gasteiger partial charge in [-0.15, -0.1) is 0 Å². The highest BCUT2D eigenvalue weighted by Gasteiger charge is 2.28. The van der Waals surface area contributed by atoms with Crippen LogP contribution in [-0.4, -0.2) is 26.0 Å². The largest absolute Gasteiger partial charge is 0.491 e. The molecular formula is C24H24F6O2. The highest BCUT2D eigenvalue weighted by atomic mass is 19.2. The Morgan fingerprint density at radius 1 is 1.00 bits per heavy atom. The van der Waals surface area contributed by atoms with Gasteiger partial charge >= 0.3 is 0 Å². The van der Waals surface area contributed by atoms with E-state index in [0.717, 1.165) is 12.1 Å². The van der Waals surface area contributed by atoms with Crippen molar-refractivity contribution in [3.05, 3.63) is 65.0 Å². The summed E-state index contributed by atoms with van der Waals surface area (Å²) >= 11 is 0. The number of rotatable bonds is 8. The van der Waals surface area contributed by atoms with Crippen molar-refractivity contribution in [2.45, 2.75) is 44.6 Å². The molecule has 1 aliphatic rings. The lowest BCUT2D eigenvalue weighted by atomic mass is 9.89. The topological polar surface area (TPSA) is 18.5 Å². The maximum atomic E-state index is 14.8. The number of alkyl halides is 1. The van der Waals surface area contributed by atoms with E-state index in [9.17, 15) is 26.3 Å². The van der Waals surface area contributed by atoms with E-state index in [-0.39, 0.29) is 37.4 Å². The second-order valence-electron chi connectivity index (χ2n) is 7.55. The second-order valence-corrected chi connectivity index (χ2v) is 7.55. The molecule has 2 nitrogen and oxygen atoms in total. The van der Waals surface area contributed by atoms with Gasteiger partial charge in [-0.1, -0.05) is 12.1 Å². The summed E-state index contributed by atoms with van der Waals surface area (Å²) in [4.78, 5) is 0. The van der Waals surface area contributed by atoms with Gasteiger partial charge in [0.25, 0.3) is 0 Å². The van der Waals surface area contributed by atoms with Crippen LogP contribution in [0, 0.1) is 23.3 Å². The van der Waals surface area contributed by atoms with Crippen molar-refractivity contribution < 1.29 is 35.8 Å². The summed E-state index contributed by atoms with van der Waals surface area (Å²) < 4.78 is 94.6. The van der Waals surface area contributed by atoms with Gasteiger partial charge in [0.1, 0.15) is 0 Å². The van der Waals surface area contributed by atoms with Crippen LogP contribution < -0.4 is 4.74 Å². The molecule has 0 amide bonds. The van der Waals surface area contributed by atoms with Gasteiger partial charge in [-0.3, -0.25) is 4.39 Å². The molecule has 174 valence electrons. The summed E-state index contributed by atoms with van der Waals surface area (Å²) in [6.45, 7) is 1.16. The number of halogens is 6. The minimum absolute atomic E-state index is 0.0101. The molecule has 1 aliphatic heterocycles. The molecule has 2 atom stereocenters. The quantitative estimate of drug-likeness (QED) is 0.390. The lowest BCUT2D eigenvalue weighted by Crippen LogP contribution is -2.24. The number of allylic oxidation sites excluding steroid dienone is 1. The van der Waals surface area contributed by atoms with Crippen LogP contribution >= 0.6 is 0 Å². The third kappa shape index (κ3) is 5.28. The van der Waals surface area contributed by atoms with Crippen LogP contribution in [0.1, 0.15) is 44.1 Å². The highest BCUT2D eigenvalue weighted by molar-refractivity contribution is 5.66. The van der Waals surface area contributed by atoms with Crippen molar-refractivity contribution in [3.8, 4) is 16.9 Å². The Bertz CT molecular complexity index is 967. The molecule has 2 aromatic rings. The van der Waals surface area contributed by atoms with Crippen molar-refractivity contribution in [2.24, 2.45) is 0 Å². The molecule has 1 fully saturated rings. The number of hydrogen-bond acceptors (Lipinski definition) is 2. The monoisotopic (exact) mass is 458 g/mol. The molecule has 1 heterocycles. The third-order valence-electron chi connectivity index (χ3n) is 5.42. The van der Waals surface area contributed by atoms with Gasteiger partial charge in [-0.25, -0.2) is 17.6 Å². The first kappa shape index (κ1) is 24.2. The fraction of sp³-hybridized carbons (Fsp3) is 0.417. The Balaban J connectivity index is 1.77. The molecule has 3 rings (SSSR count). The zero-order valence-electron chi connectivity index (χ0n) is 17.6. The number of benzene rings is 2. The van der Waals surface area contributed by atoms with Gasteiger partial charge in [0, 0.05) is 23.5 Å². The summed E-state index contributed by atoms with van der Waals surface area (Å²) in [5.74, 6) is -6.29. The van der Waals surface area contributed by atoms with E-state index < -0.39 is 58.9 Å². The first-order valence-electron chi connectivity index (χ1n) is 10.5. The van der Waals surface area contributed by atoms with Gasteiger partial charge < -0.3 is 9.47 Å². The first-order chi connectivity index (χ1) is 15.4. The summed E-state index contributed by atoms with van der Waals surface area (Å²) in [7, 11) is 0. The molecule has 32 heavy (non-hydrogen) atoms. The van der Waals surface area contributed by atoms with E-state index >= 15 is 0 Å². The minimum Gasteiger partial charge on any atom is -0.491 e. The molecule has 0 radical (unpaired) electrons. The standard InChI is InChI=1S/C24H24F6O2/c1-2-31-20-10-9-19(23(29)24(20)30)18-8-7-17(21(27)22(18)28)14-5-6-16(32-13-14)12-15(26)4-3-11-25/h7-10,12,14,16H,2-6,11,13H2,1H3/b15-12-. The van der Waals surface area contributed by atoms with Crippen LogP contribution in [0.15, 0.2) is 36.2 Å². The summed E-state index contributed by atoms with van der Waals surface area (Å²) in [6.07, 6.45) is 1.65. The van der Waals surface area contributed by atoms with Gasteiger partial charge in [0.05, 0.1) is 31.8 Å².